The number of nitrogens with one attached hydrogen (secondary N) is 2. The van der Waals surface area contributed by atoms with E-state index in [2.05, 4.69) is 9.71 Å². The summed E-state index contributed by atoms with van der Waals surface area (Å²) in [6.07, 6.45) is 1.59. The van der Waals surface area contributed by atoms with Gasteiger partial charge in [-0.05, 0) is 18.2 Å². The van der Waals surface area contributed by atoms with Crippen LogP contribution in [0.15, 0.2) is 42.6 Å². The van der Waals surface area contributed by atoms with Crippen molar-refractivity contribution in [3.8, 4) is 0 Å². The summed E-state index contributed by atoms with van der Waals surface area (Å²) >= 11 is 12.4. The van der Waals surface area contributed by atoms with Crippen LogP contribution in [-0.2, 0) is 16.8 Å². The molecular weight excluding hydrogens is 357 g/mol. The molecule has 2 N–H and O–H groups in total. The van der Waals surface area contributed by atoms with Crippen molar-refractivity contribution < 1.29 is 8.42 Å². The van der Waals surface area contributed by atoms with Crippen molar-refractivity contribution in [2.24, 2.45) is 0 Å². The molecule has 1 aromatic heterocycles. The van der Waals surface area contributed by atoms with Gasteiger partial charge in [0.1, 0.15) is 0 Å². The van der Waals surface area contributed by atoms with Gasteiger partial charge in [0, 0.05) is 17.1 Å². The van der Waals surface area contributed by atoms with Crippen LogP contribution in [0.5, 0.6) is 0 Å². The minimum atomic E-state index is -3.71. The smallest absolute Gasteiger partial charge is 0.324 e. The van der Waals surface area contributed by atoms with E-state index in [1.165, 1.54) is 4.31 Å². The fraction of sp³-hybridized carbons (Fsp3) is 0.0667. The van der Waals surface area contributed by atoms with Gasteiger partial charge in [-0.25, -0.2) is 4.31 Å². The van der Waals surface area contributed by atoms with E-state index >= 15 is 0 Å². The summed E-state index contributed by atoms with van der Waals surface area (Å²) in [4.78, 5) is 2.99. The summed E-state index contributed by atoms with van der Waals surface area (Å²) in [5.41, 5.74) is 2.45. The van der Waals surface area contributed by atoms with Crippen LogP contribution in [0, 0.1) is 0 Å². The van der Waals surface area contributed by atoms with Crippen LogP contribution in [0.2, 0.25) is 10.0 Å². The van der Waals surface area contributed by atoms with Gasteiger partial charge in [0.15, 0.2) is 0 Å². The van der Waals surface area contributed by atoms with Crippen molar-refractivity contribution in [3.05, 3.63) is 58.2 Å². The van der Waals surface area contributed by atoms with Crippen molar-refractivity contribution in [2.75, 3.05) is 9.03 Å². The minimum Gasteiger partial charge on any atom is -0.358 e. The lowest BCUT2D eigenvalue weighted by molar-refractivity contribution is 0.594. The highest BCUT2D eigenvalue weighted by atomic mass is 35.5. The number of aromatic amines is 1. The maximum absolute atomic E-state index is 12.6. The van der Waals surface area contributed by atoms with Gasteiger partial charge in [-0.2, -0.15) is 8.42 Å². The predicted octanol–water partition coefficient (Wildman–Crippen LogP) is 4.15. The van der Waals surface area contributed by atoms with Gasteiger partial charge in [-0.3, -0.25) is 4.72 Å². The summed E-state index contributed by atoms with van der Waals surface area (Å²) in [6.45, 7) is 0.195. The van der Waals surface area contributed by atoms with E-state index < -0.39 is 10.2 Å². The monoisotopic (exact) mass is 367 g/mol. The molecule has 2 aromatic carbocycles. The zero-order chi connectivity index (χ0) is 16.2. The van der Waals surface area contributed by atoms with Crippen molar-refractivity contribution in [3.63, 3.8) is 0 Å². The van der Waals surface area contributed by atoms with Gasteiger partial charge in [0.25, 0.3) is 0 Å². The van der Waals surface area contributed by atoms with Crippen LogP contribution in [0.4, 0.5) is 11.4 Å². The number of hydrogen-bond acceptors (Lipinski definition) is 2. The Morgan fingerprint density at radius 2 is 1.83 bits per heavy atom. The summed E-state index contributed by atoms with van der Waals surface area (Å²) < 4.78 is 29.2. The number of aromatic nitrogens is 1. The number of H-pyrrole nitrogens is 1. The van der Waals surface area contributed by atoms with Gasteiger partial charge in [-0.15, -0.1) is 0 Å². The second-order valence-electron chi connectivity index (χ2n) is 5.23. The van der Waals surface area contributed by atoms with Crippen LogP contribution in [0.3, 0.4) is 0 Å². The number of hydrogen-bond donors (Lipinski definition) is 2. The molecule has 0 fully saturated rings. The third-order valence-electron chi connectivity index (χ3n) is 3.82. The summed E-state index contributed by atoms with van der Waals surface area (Å²) in [6, 6.07) is 10.7. The molecule has 0 aliphatic carbocycles. The number of halogens is 2. The largest absolute Gasteiger partial charge is 0.358 e. The van der Waals surface area contributed by atoms with Gasteiger partial charge in [-0.1, -0.05) is 41.4 Å². The third-order valence-corrected chi connectivity index (χ3v) is 5.80. The van der Waals surface area contributed by atoms with Gasteiger partial charge in [0.2, 0.25) is 0 Å². The molecule has 1 aliphatic heterocycles. The van der Waals surface area contributed by atoms with E-state index in [0.717, 1.165) is 5.56 Å². The molecule has 0 saturated heterocycles. The molecular formula is C15H11Cl2N3O2S. The number of rotatable bonds is 1. The molecule has 0 unspecified atom stereocenters. The molecule has 0 bridgehead atoms. The first-order valence-electron chi connectivity index (χ1n) is 6.81. The van der Waals surface area contributed by atoms with E-state index in [-0.39, 0.29) is 6.54 Å². The zero-order valence-electron chi connectivity index (χ0n) is 11.7. The molecule has 5 nitrogen and oxygen atoms in total. The highest BCUT2D eigenvalue weighted by Crippen LogP contribution is 2.41. The van der Waals surface area contributed by atoms with Crippen LogP contribution >= 0.6 is 23.2 Å². The van der Waals surface area contributed by atoms with E-state index in [9.17, 15) is 8.42 Å². The standard InChI is InChI=1S/C15H11Cl2N3O2S/c16-11-6-9-8-20(10-4-2-1-3-5-10)23(21,22)19-14(9)15-13(11)12(17)7-18-15/h1-7,18-19H,8H2. The van der Waals surface area contributed by atoms with E-state index in [1.54, 1.807) is 36.5 Å². The maximum atomic E-state index is 12.6. The Balaban J connectivity index is 1.93. The lowest BCUT2D eigenvalue weighted by atomic mass is 10.1. The molecule has 118 valence electrons. The Labute approximate surface area is 143 Å². The Morgan fingerprint density at radius 3 is 2.57 bits per heavy atom. The first kappa shape index (κ1) is 14.7. The second kappa shape index (κ2) is 5.06. The van der Waals surface area contributed by atoms with Crippen LogP contribution in [0.1, 0.15) is 5.56 Å². The molecule has 2 heterocycles. The highest BCUT2D eigenvalue weighted by Gasteiger charge is 2.31. The first-order valence-corrected chi connectivity index (χ1v) is 9.00. The van der Waals surface area contributed by atoms with Crippen LogP contribution in [0.25, 0.3) is 10.9 Å². The fourth-order valence-corrected chi connectivity index (χ4v) is 4.71. The number of para-hydroxylation sites is 1. The fourth-order valence-electron chi connectivity index (χ4n) is 2.78. The Morgan fingerprint density at radius 1 is 1.09 bits per heavy atom. The molecule has 0 amide bonds. The molecule has 4 rings (SSSR count). The lowest BCUT2D eigenvalue weighted by Crippen LogP contribution is -2.39. The zero-order valence-corrected chi connectivity index (χ0v) is 14.0. The number of nitrogens with zero attached hydrogens (tertiary/aromatic N) is 1. The first-order chi connectivity index (χ1) is 11.0. The maximum Gasteiger partial charge on any atom is 0.324 e. The Kier molecular flexibility index (Phi) is 3.23. The molecule has 0 radical (unpaired) electrons. The van der Waals surface area contributed by atoms with Crippen LogP contribution in [-0.4, -0.2) is 13.4 Å². The minimum absolute atomic E-state index is 0.195. The Hall–Kier alpha value is -1.89. The second-order valence-corrected chi connectivity index (χ2v) is 7.64. The van der Waals surface area contributed by atoms with Crippen molar-refractivity contribution in [1.82, 2.24) is 4.98 Å². The summed E-state index contributed by atoms with van der Waals surface area (Å²) in [5, 5.41) is 1.56. The van der Waals surface area contributed by atoms with Crippen LogP contribution < -0.4 is 9.03 Å². The molecule has 23 heavy (non-hydrogen) atoms. The summed E-state index contributed by atoms with van der Waals surface area (Å²) in [7, 11) is -3.71. The number of anilines is 2. The van der Waals surface area contributed by atoms with E-state index in [4.69, 9.17) is 23.2 Å². The molecule has 8 heteroatoms. The normalized spacial score (nSPS) is 16.2. The van der Waals surface area contributed by atoms with Crippen molar-refractivity contribution in [2.45, 2.75) is 6.54 Å². The van der Waals surface area contributed by atoms with Crippen molar-refractivity contribution >= 4 is 55.7 Å². The topological polar surface area (TPSA) is 65.2 Å². The molecule has 0 saturated carbocycles. The number of benzene rings is 2. The molecule has 3 aromatic rings. The average molecular weight is 368 g/mol. The Bertz CT molecular complexity index is 1020. The van der Waals surface area contributed by atoms with Gasteiger partial charge in [0.05, 0.1) is 33.5 Å². The van der Waals surface area contributed by atoms with Gasteiger partial charge >= 0.3 is 10.2 Å². The third kappa shape index (κ3) is 2.25. The van der Waals surface area contributed by atoms with Gasteiger partial charge < -0.3 is 4.98 Å². The SMILES string of the molecule is O=S1(=O)Nc2c(cc(Cl)c3c(Cl)c[nH]c23)CN1c1ccccc1. The number of fused-ring (bicyclic) bond motifs is 3. The van der Waals surface area contributed by atoms with E-state index in [0.29, 0.717) is 32.3 Å². The highest BCUT2D eigenvalue weighted by molar-refractivity contribution is 7.94. The quantitative estimate of drug-likeness (QED) is 0.678. The van der Waals surface area contributed by atoms with Crippen molar-refractivity contribution in [1.29, 1.82) is 0 Å². The molecule has 1 aliphatic rings. The molecule has 0 atom stereocenters. The summed E-state index contributed by atoms with van der Waals surface area (Å²) in [5.74, 6) is 0. The predicted molar refractivity (Wildman–Crippen MR) is 93.5 cm³/mol. The molecule has 0 spiro atoms. The average Bonchev–Trinajstić information content (AvgIpc) is 2.91. The lowest BCUT2D eigenvalue weighted by Gasteiger charge is -2.31. The van der Waals surface area contributed by atoms with E-state index in [1.807, 2.05) is 6.07 Å².